The number of rotatable bonds is 7. The molecule has 1 unspecified atom stereocenters. The predicted molar refractivity (Wildman–Crippen MR) is 112 cm³/mol. The molecule has 1 heterocycles. The number of hydrogen-bond donors (Lipinski definition) is 1. The van der Waals surface area contributed by atoms with Crippen molar-refractivity contribution in [3.63, 3.8) is 0 Å². The highest BCUT2D eigenvalue weighted by atomic mass is 16.5. The first-order chi connectivity index (χ1) is 14.3. The molecule has 0 saturated heterocycles. The summed E-state index contributed by atoms with van der Waals surface area (Å²) in [5.74, 6) is 0.906. The monoisotopic (exact) mass is 412 g/mol. The second-order valence-electron chi connectivity index (χ2n) is 6.88. The largest absolute Gasteiger partial charge is 0.497 e. The van der Waals surface area contributed by atoms with Gasteiger partial charge in [-0.05, 0) is 37.3 Å². The molecule has 8 heteroatoms. The summed E-state index contributed by atoms with van der Waals surface area (Å²) in [4.78, 5) is 38.5. The number of benzene rings is 2. The third-order valence-corrected chi connectivity index (χ3v) is 4.88. The van der Waals surface area contributed by atoms with Gasteiger partial charge in [0.25, 0.3) is 5.91 Å². The van der Waals surface area contributed by atoms with Crippen LogP contribution < -0.4 is 24.4 Å². The lowest BCUT2D eigenvalue weighted by molar-refractivity contribution is -0.125. The molecule has 8 nitrogen and oxygen atoms in total. The number of amides is 2. The van der Waals surface area contributed by atoms with E-state index < -0.39 is 6.10 Å². The van der Waals surface area contributed by atoms with Gasteiger partial charge in [-0.1, -0.05) is 0 Å². The van der Waals surface area contributed by atoms with Crippen LogP contribution in [0.1, 0.15) is 30.1 Å². The average Bonchev–Trinajstić information content (AvgIpc) is 2.75. The second-order valence-corrected chi connectivity index (χ2v) is 6.88. The van der Waals surface area contributed by atoms with Crippen molar-refractivity contribution in [1.82, 2.24) is 0 Å². The molecule has 0 aromatic heterocycles. The number of fused-ring (bicyclic) bond motifs is 1. The van der Waals surface area contributed by atoms with E-state index in [9.17, 15) is 14.4 Å². The summed E-state index contributed by atoms with van der Waals surface area (Å²) >= 11 is 0. The number of nitrogens with zero attached hydrogens (tertiary/aromatic N) is 1. The summed E-state index contributed by atoms with van der Waals surface area (Å²) in [6.07, 6.45) is -0.550. The van der Waals surface area contributed by atoms with E-state index in [-0.39, 0.29) is 30.4 Å². The van der Waals surface area contributed by atoms with Gasteiger partial charge in [0.15, 0.2) is 11.9 Å². The average molecular weight is 412 g/mol. The molecule has 0 saturated carbocycles. The van der Waals surface area contributed by atoms with Gasteiger partial charge in [0, 0.05) is 31.5 Å². The van der Waals surface area contributed by atoms with Gasteiger partial charge in [0.05, 0.1) is 25.6 Å². The first kappa shape index (κ1) is 21.2. The minimum atomic E-state index is -0.568. The molecule has 2 amide bonds. The zero-order valence-electron chi connectivity index (χ0n) is 17.4. The molecule has 0 aliphatic carbocycles. The van der Waals surface area contributed by atoms with Crippen LogP contribution in [0.25, 0.3) is 0 Å². The summed E-state index contributed by atoms with van der Waals surface area (Å²) in [6, 6.07) is 9.98. The fraction of sp³-hybridized carbons (Fsp3) is 0.318. The lowest BCUT2D eigenvalue weighted by atomic mass is 10.0. The summed E-state index contributed by atoms with van der Waals surface area (Å²) < 4.78 is 16.0. The lowest BCUT2D eigenvalue weighted by Gasteiger charge is -2.30. The van der Waals surface area contributed by atoms with Crippen molar-refractivity contribution in [2.75, 3.05) is 31.5 Å². The minimum absolute atomic E-state index is 0.00140. The van der Waals surface area contributed by atoms with E-state index in [1.165, 1.54) is 19.1 Å². The molecule has 30 heavy (non-hydrogen) atoms. The Kier molecular flexibility index (Phi) is 6.25. The van der Waals surface area contributed by atoms with Gasteiger partial charge in [-0.25, -0.2) is 0 Å². The number of ketones is 1. The maximum Gasteiger partial charge on any atom is 0.267 e. The van der Waals surface area contributed by atoms with Crippen molar-refractivity contribution in [3.05, 3.63) is 42.0 Å². The second kappa shape index (κ2) is 8.86. The van der Waals surface area contributed by atoms with Gasteiger partial charge in [0.1, 0.15) is 17.2 Å². The van der Waals surface area contributed by atoms with Crippen molar-refractivity contribution in [3.8, 4) is 17.2 Å². The van der Waals surface area contributed by atoms with Crippen LogP contribution in [0.3, 0.4) is 0 Å². The number of anilines is 2. The van der Waals surface area contributed by atoms with E-state index in [1.54, 1.807) is 50.4 Å². The van der Waals surface area contributed by atoms with Gasteiger partial charge < -0.3 is 24.4 Å². The van der Waals surface area contributed by atoms with E-state index in [1.807, 2.05) is 0 Å². The Bertz CT molecular complexity index is 988. The van der Waals surface area contributed by atoms with Gasteiger partial charge >= 0.3 is 0 Å². The summed E-state index contributed by atoms with van der Waals surface area (Å²) in [5.41, 5.74) is 1.42. The van der Waals surface area contributed by atoms with Gasteiger partial charge in [0.2, 0.25) is 5.91 Å². The van der Waals surface area contributed by atoms with Crippen LogP contribution in [0.4, 0.5) is 11.4 Å². The SMILES string of the molecule is COc1ccc(OC)c(NC(=O)CCC(=O)c2ccc3c(c2)N(C)C(=O)C(C)O3)c1. The van der Waals surface area contributed by atoms with Crippen molar-refractivity contribution in [2.45, 2.75) is 25.9 Å². The van der Waals surface area contributed by atoms with E-state index in [2.05, 4.69) is 5.32 Å². The van der Waals surface area contributed by atoms with Gasteiger partial charge in [-0.15, -0.1) is 0 Å². The third kappa shape index (κ3) is 4.37. The zero-order chi connectivity index (χ0) is 21.8. The number of Topliss-reactive ketones (excluding diaryl/α,β-unsaturated/α-hetero) is 1. The van der Waals surface area contributed by atoms with Crippen LogP contribution in [0.5, 0.6) is 17.2 Å². The van der Waals surface area contributed by atoms with Gasteiger partial charge in [-0.2, -0.15) is 0 Å². The number of nitrogens with one attached hydrogen (secondary N) is 1. The molecule has 158 valence electrons. The van der Waals surface area contributed by atoms with Crippen molar-refractivity contribution < 1.29 is 28.6 Å². The number of carbonyl (C=O) groups is 3. The highest BCUT2D eigenvalue weighted by molar-refractivity contribution is 6.04. The van der Waals surface area contributed by atoms with Crippen LogP contribution in [-0.4, -0.2) is 45.0 Å². The molecule has 1 aliphatic rings. The molecular weight excluding hydrogens is 388 g/mol. The fourth-order valence-corrected chi connectivity index (χ4v) is 3.18. The standard InChI is InChI=1S/C22H24N2O6/c1-13-22(27)24(2)17-11-14(5-8-20(17)30-13)18(25)7-10-21(26)23-16-12-15(28-3)6-9-19(16)29-4/h5-6,8-9,11-13H,7,10H2,1-4H3,(H,23,26). The molecule has 0 spiro atoms. The quantitative estimate of drug-likeness (QED) is 0.703. The molecule has 1 aliphatic heterocycles. The highest BCUT2D eigenvalue weighted by Crippen LogP contribution is 2.34. The third-order valence-electron chi connectivity index (χ3n) is 4.88. The number of methoxy groups -OCH3 is 2. The molecule has 0 fully saturated rings. The Morgan fingerprint density at radius 3 is 2.57 bits per heavy atom. The lowest BCUT2D eigenvalue weighted by Crippen LogP contribution is -2.42. The zero-order valence-corrected chi connectivity index (χ0v) is 17.4. The van der Waals surface area contributed by atoms with Gasteiger partial charge in [-0.3, -0.25) is 14.4 Å². The summed E-state index contributed by atoms with van der Waals surface area (Å²) in [6.45, 7) is 1.68. The smallest absolute Gasteiger partial charge is 0.267 e. The molecule has 3 rings (SSSR count). The Hall–Kier alpha value is -3.55. The van der Waals surface area contributed by atoms with Crippen LogP contribution in [-0.2, 0) is 9.59 Å². The Balaban J connectivity index is 1.65. The Labute approximate surface area is 174 Å². The summed E-state index contributed by atoms with van der Waals surface area (Å²) in [5, 5.41) is 2.74. The van der Waals surface area contributed by atoms with E-state index in [0.717, 1.165) is 0 Å². The van der Waals surface area contributed by atoms with E-state index >= 15 is 0 Å². The number of likely N-dealkylation sites (N-methyl/N-ethyl adjacent to an activating group) is 1. The molecule has 1 atom stereocenters. The van der Waals surface area contributed by atoms with E-state index in [4.69, 9.17) is 14.2 Å². The molecular formula is C22H24N2O6. The Morgan fingerprint density at radius 1 is 1.10 bits per heavy atom. The Morgan fingerprint density at radius 2 is 1.87 bits per heavy atom. The number of carbonyl (C=O) groups excluding carboxylic acids is 3. The fourth-order valence-electron chi connectivity index (χ4n) is 3.18. The molecule has 0 bridgehead atoms. The van der Waals surface area contributed by atoms with Crippen LogP contribution >= 0.6 is 0 Å². The van der Waals surface area contributed by atoms with Crippen LogP contribution in [0.15, 0.2) is 36.4 Å². The topological polar surface area (TPSA) is 94.2 Å². The van der Waals surface area contributed by atoms with Crippen LogP contribution in [0, 0.1) is 0 Å². The minimum Gasteiger partial charge on any atom is -0.497 e. The molecule has 1 N–H and O–H groups in total. The van der Waals surface area contributed by atoms with Crippen LogP contribution in [0.2, 0.25) is 0 Å². The maximum absolute atomic E-state index is 12.6. The number of hydrogen-bond acceptors (Lipinski definition) is 6. The highest BCUT2D eigenvalue weighted by Gasteiger charge is 2.29. The molecule has 2 aromatic carbocycles. The predicted octanol–water partition coefficient (Wildman–Crippen LogP) is 3.05. The van der Waals surface area contributed by atoms with Crippen molar-refractivity contribution in [1.29, 1.82) is 0 Å². The first-order valence-electron chi connectivity index (χ1n) is 9.47. The maximum atomic E-state index is 12.6. The molecule has 0 radical (unpaired) electrons. The first-order valence-corrected chi connectivity index (χ1v) is 9.47. The molecule has 2 aromatic rings. The van der Waals surface area contributed by atoms with Crippen molar-refractivity contribution in [2.24, 2.45) is 0 Å². The summed E-state index contributed by atoms with van der Waals surface area (Å²) in [7, 11) is 4.67. The number of ether oxygens (including phenoxy) is 3. The normalized spacial score (nSPS) is 15.1. The van der Waals surface area contributed by atoms with E-state index in [0.29, 0.717) is 34.2 Å². The van der Waals surface area contributed by atoms with Crippen molar-refractivity contribution >= 4 is 29.0 Å².